The van der Waals surface area contributed by atoms with Crippen LogP contribution < -0.4 is 4.74 Å². The number of fused-ring (bicyclic) bond motifs is 1. The van der Waals surface area contributed by atoms with Crippen LogP contribution in [0.15, 0.2) is 97.1 Å². The van der Waals surface area contributed by atoms with Gasteiger partial charge in [0.2, 0.25) is 0 Å². The Labute approximate surface area is 250 Å². The van der Waals surface area contributed by atoms with Crippen molar-refractivity contribution in [3.8, 4) is 5.75 Å². The fraction of sp³-hybridized carbons (Fsp3) is 0.378. The lowest BCUT2D eigenvalue weighted by molar-refractivity contribution is -0.0359. The third kappa shape index (κ3) is 8.36. The molecule has 1 heterocycles. The van der Waals surface area contributed by atoms with Crippen molar-refractivity contribution in [1.82, 2.24) is 4.90 Å². The maximum absolute atomic E-state index is 12.9. The zero-order chi connectivity index (χ0) is 29.4. The average molecular weight is 566 g/mol. The van der Waals surface area contributed by atoms with Gasteiger partial charge in [0.05, 0.1) is 25.9 Å². The van der Waals surface area contributed by atoms with E-state index in [4.69, 9.17) is 14.2 Å². The van der Waals surface area contributed by atoms with Gasteiger partial charge >= 0.3 is 6.09 Å². The predicted molar refractivity (Wildman–Crippen MR) is 169 cm³/mol. The summed E-state index contributed by atoms with van der Waals surface area (Å²) >= 11 is 0. The molecule has 4 aromatic rings. The molecule has 1 amide bonds. The minimum atomic E-state index is -0.535. The molecule has 5 nitrogen and oxygen atoms in total. The number of rotatable bonds is 10. The van der Waals surface area contributed by atoms with Crippen LogP contribution in [0.1, 0.15) is 62.6 Å². The van der Waals surface area contributed by atoms with Crippen LogP contribution in [0.2, 0.25) is 0 Å². The van der Waals surface area contributed by atoms with E-state index in [2.05, 4.69) is 97.1 Å². The summed E-state index contributed by atoms with van der Waals surface area (Å²) in [5.74, 6) is 1.06. The van der Waals surface area contributed by atoms with Gasteiger partial charge in [0, 0.05) is 12.5 Å². The second kappa shape index (κ2) is 13.9. The Hall–Kier alpha value is -3.83. The molecular formula is C37H43NO4. The summed E-state index contributed by atoms with van der Waals surface area (Å²) in [7, 11) is 0. The van der Waals surface area contributed by atoms with Gasteiger partial charge in [0.1, 0.15) is 11.4 Å². The largest absolute Gasteiger partial charge is 0.494 e. The highest BCUT2D eigenvalue weighted by molar-refractivity contribution is 5.82. The molecule has 0 N–H and O–H groups in total. The molecule has 42 heavy (non-hydrogen) atoms. The Bertz CT molecular complexity index is 1430. The molecule has 1 aliphatic heterocycles. The lowest BCUT2D eigenvalue weighted by atomic mass is 9.87. The molecule has 1 aliphatic rings. The van der Waals surface area contributed by atoms with Gasteiger partial charge in [-0.25, -0.2) is 4.79 Å². The van der Waals surface area contributed by atoms with Crippen LogP contribution in [0.5, 0.6) is 5.75 Å². The molecule has 5 rings (SSSR count). The van der Waals surface area contributed by atoms with Crippen molar-refractivity contribution in [3.05, 3.63) is 114 Å². The minimum Gasteiger partial charge on any atom is -0.494 e. The number of hydrogen-bond donors (Lipinski definition) is 0. The van der Waals surface area contributed by atoms with Crippen LogP contribution in [0, 0.1) is 0 Å². The van der Waals surface area contributed by atoms with Crippen LogP contribution in [0.3, 0.4) is 0 Å². The molecule has 1 fully saturated rings. The monoisotopic (exact) mass is 565 g/mol. The van der Waals surface area contributed by atoms with Crippen molar-refractivity contribution in [3.63, 3.8) is 0 Å². The molecule has 0 saturated carbocycles. The van der Waals surface area contributed by atoms with E-state index in [-0.39, 0.29) is 18.1 Å². The number of benzene rings is 4. The first-order valence-corrected chi connectivity index (χ1v) is 15.2. The second-order valence-electron chi connectivity index (χ2n) is 12.2. The number of ether oxygens (including phenoxy) is 3. The molecule has 4 aromatic carbocycles. The predicted octanol–water partition coefficient (Wildman–Crippen LogP) is 8.55. The maximum atomic E-state index is 12.9. The Morgan fingerprint density at radius 1 is 0.833 bits per heavy atom. The highest BCUT2D eigenvalue weighted by Gasteiger charge is 2.35. The fourth-order valence-corrected chi connectivity index (χ4v) is 5.57. The first-order valence-electron chi connectivity index (χ1n) is 15.2. The molecule has 220 valence electrons. The zero-order valence-electron chi connectivity index (χ0n) is 25.1. The van der Waals surface area contributed by atoms with E-state index in [1.54, 1.807) is 4.90 Å². The van der Waals surface area contributed by atoms with Crippen LogP contribution in [0.25, 0.3) is 10.8 Å². The van der Waals surface area contributed by atoms with E-state index in [0.29, 0.717) is 26.3 Å². The highest BCUT2D eigenvalue weighted by atomic mass is 16.6. The summed E-state index contributed by atoms with van der Waals surface area (Å²) in [6.07, 6.45) is 3.57. The fourth-order valence-electron chi connectivity index (χ4n) is 5.57. The van der Waals surface area contributed by atoms with Crippen molar-refractivity contribution < 1.29 is 19.0 Å². The summed E-state index contributed by atoms with van der Waals surface area (Å²) in [5.41, 5.74) is 3.17. The van der Waals surface area contributed by atoms with Crippen molar-refractivity contribution in [2.45, 2.75) is 70.7 Å². The summed E-state index contributed by atoms with van der Waals surface area (Å²) in [6.45, 7) is 8.02. The van der Waals surface area contributed by atoms with Crippen LogP contribution in [0.4, 0.5) is 4.79 Å². The molecule has 5 heteroatoms. The minimum absolute atomic E-state index is 0.150. The van der Waals surface area contributed by atoms with E-state index in [1.807, 2.05) is 20.8 Å². The van der Waals surface area contributed by atoms with E-state index >= 15 is 0 Å². The number of unbranched alkanes of at least 4 members (excludes halogenated alkanes) is 1. The average Bonchev–Trinajstić information content (AvgIpc) is 2.99. The van der Waals surface area contributed by atoms with Gasteiger partial charge in [0.25, 0.3) is 0 Å². The quantitative estimate of drug-likeness (QED) is 0.181. The van der Waals surface area contributed by atoms with Gasteiger partial charge in [-0.1, -0.05) is 78.9 Å². The molecule has 0 radical (unpaired) electrons. The normalized spacial score (nSPS) is 17.3. The smallest absolute Gasteiger partial charge is 0.410 e. The van der Waals surface area contributed by atoms with Crippen LogP contribution in [-0.4, -0.2) is 42.4 Å². The number of amides is 1. The van der Waals surface area contributed by atoms with Gasteiger partial charge in [-0.3, -0.25) is 0 Å². The van der Waals surface area contributed by atoms with Crippen molar-refractivity contribution in [2.75, 3.05) is 19.7 Å². The SMILES string of the molecule is CC(C)(C)OC(=O)N1CCC(c2ccc(OCCCCc3ccccc3)cc2)C(OCc2ccc3ccccc3c2)C1. The Morgan fingerprint density at radius 2 is 1.57 bits per heavy atom. The standard InChI is InChI=1S/C37H43NO4/c1-37(2,3)42-36(39)38-23-22-34(35(26-38)41-27-29-16-17-30-14-7-8-15-32(30)25-29)31-18-20-33(21-19-31)40-24-10-9-13-28-11-5-4-6-12-28/h4-8,11-12,14-21,25,34-35H,9-10,13,22-24,26-27H2,1-3H3. The highest BCUT2D eigenvalue weighted by Crippen LogP contribution is 2.33. The van der Waals surface area contributed by atoms with Gasteiger partial charge in [-0.2, -0.15) is 0 Å². The lowest BCUT2D eigenvalue weighted by Crippen LogP contribution is -2.48. The van der Waals surface area contributed by atoms with E-state index in [9.17, 15) is 4.79 Å². The summed E-state index contributed by atoms with van der Waals surface area (Å²) < 4.78 is 18.3. The van der Waals surface area contributed by atoms with Gasteiger partial charge < -0.3 is 19.1 Å². The molecule has 2 atom stereocenters. The topological polar surface area (TPSA) is 48.0 Å². The van der Waals surface area contributed by atoms with Crippen LogP contribution in [-0.2, 0) is 22.5 Å². The van der Waals surface area contributed by atoms with Crippen molar-refractivity contribution in [2.24, 2.45) is 0 Å². The summed E-state index contributed by atoms with van der Waals surface area (Å²) in [6, 6.07) is 33.8. The third-order valence-electron chi connectivity index (χ3n) is 7.77. The summed E-state index contributed by atoms with van der Waals surface area (Å²) in [5, 5.41) is 2.41. The lowest BCUT2D eigenvalue weighted by Gasteiger charge is -2.39. The number of carbonyl (C=O) groups excluding carboxylic acids is 1. The van der Waals surface area contributed by atoms with E-state index in [0.717, 1.165) is 37.0 Å². The number of hydrogen-bond acceptors (Lipinski definition) is 4. The molecule has 0 aliphatic carbocycles. The zero-order valence-corrected chi connectivity index (χ0v) is 25.1. The van der Waals surface area contributed by atoms with Crippen LogP contribution >= 0.6 is 0 Å². The maximum Gasteiger partial charge on any atom is 0.410 e. The molecule has 0 bridgehead atoms. The molecule has 0 spiro atoms. The first kappa shape index (κ1) is 29.7. The summed E-state index contributed by atoms with van der Waals surface area (Å²) in [4.78, 5) is 14.7. The number of nitrogens with zero attached hydrogens (tertiary/aromatic N) is 1. The van der Waals surface area contributed by atoms with Gasteiger partial charge in [0.15, 0.2) is 0 Å². The number of piperidine rings is 1. The molecular weight excluding hydrogens is 522 g/mol. The Morgan fingerprint density at radius 3 is 2.33 bits per heavy atom. The Kier molecular flexibility index (Phi) is 9.81. The van der Waals surface area contributed by atoms with E-state index in [1.165, 1.54) is 21.9 Å². The molecule has 1 saturated heterocycles. The second-order valence-corrected chi connectivity index (χ2v) is 12.2. The van der Waals surface area contributed by atoms with Gasteiger partial charge in [-0.15, -0.1) is 0 Å². The number of likely N-dealkylation sites (tertiary alicyclic amines) is 1. The van der Waals surface area contributed by atoms with Crippen molar-refractivity contribution >= 4 is 16.9 Å². The van der Waals surface area contributed by atoms with Crippen molar-refractivity contribution in [1.29, 1.82) is 0 Å². The number of aryl methyl sites for hydroxylation is 1. The molecule has 0 aromatic heterocycles. The van der Waals surface area contributed by atoms with E-state index < -0.39 is 5.60 Å². The van der Waals surface area contributed by atoms with Gasteiger partial charge in [-0.05, 0) is 92.1 Å². The molecule has 2 unspecified atom stereocenters. The third-order valence-corrected chi connectivity index (χ3v) is 7.77. The first-order chi connectivity index (χ1) is 20.3. The number of carbonyl (C=O) groups is 1. The Balaban J connectivity index is 1.21.